The molecule has 0 unspecified atom stereocenters. The van der Waals surface area contributed by atoms with Crippen molar-refractivity contribution < 1.29 is 14.5 Å². The maximum absolute atomic E-state index is 13.2. The molecule has 174 valence electrons. The molecule has 1 aromatic carbocycles. The van der Waals surface area contributed by atoms with Crippen molar-refractivity contribution in [2.75, 3.05) is 11.9 Å². The van der Waals surface area contributed by atoms with Gasteiger partial charge in [-0.25, -0.2) is 9.78 Å². The Balaban J connectivity index is 1.68. The lowest BCUT2D eigenvalue weighted by atomic mass is 9.83. The van der Waals surface area contributed by atoms with Gasteiger partial charge in [-0.15, -0.1) is 0 Å². The molecule has 3 aromatic rings. The van der Waals surface area contributed by atoms with Gasteiger partial charge in [0.2, 0.25) is 0 Å². The zero-order valence-electron chi connectivity index (χ0n) is 18.4. The molecule has 2 aromatic heterocycles. The fraction of sp³-hybridized carbons (Fsp3) is 0.217. The molecule has 0 fully saturated rings. The minimum absolute atomic E-state index is 0.0133. The van der Waals surface area contributed by atoms with Gasteiger partial charge < -0.3 is 15.0 Å². The van der Waals surface area contributed by atoms with E-state index in [-0.39, 0.29) is 17.9 Å². The number of carbonyl (C=O) groups excluding carboxylic acids is 1. The van der Waals surface area contributed by atoms with Crippen LogP contribution in [0, 0.1) is 10.1 Å². The maximum atomic E-state index is 13.2. The van der Waals surface area contributed by atoms with Crippen LogP contribution in [0.25, 0.3) is 0 Å². The van der Waals surface area contributed by atoms with Gasteiger partial charge in [0.25, 0.3) is 11.2 Å². The summed E-state index contributed by atoms with van der Waals surface area (Å²) >= 11 is 1.29. The van der Waals surface area contributed by atoms with Crippen molar-refractivity contribution in [3.05, 3.63) is 97.2 Å². The Morgan fingerprint density at radius 3 is 2.68 bits per heavy atom. The molecule has 0 bridgehead atoms. The van der Waals surface area contributed by atoms with E-state index in [1.807, 2.05) is 0 Å². The Labute approximate surface area is 198 Å². The molecule has 0 aliphatic carbocycles. The van der Waals surface area contributed by atoms with Gasteiger partial charge >= 0.3 is 5.97 Å². The highest BCUT2D eigenvalue weighted by Gasteiger charge is 2.36. The van der Waals surface area contributed by atoms with Crippen LogP contribution < -0.4 is 10.9 Å². The lowest BCUT2D eigenvalue weighted by Gasteiger charge is -2.28. The van der Waals surface area contributed by atoms with E-state index in [9.17, 15) is 19.7 Å². The van der Waals surface area contributed by atoms with E-state index in [0.717, 1.165) is 5.56 Å². The zero-order valence-corrected chi connectivity index (χ0v) is 19.2. The molecule has 0 radical (unpaired) electrons. The second-order valence-electron chi connectivity index (χ2n) is 7.45. The van der Waals surface area contributed by atoms with Crippen molar-refractivity contribution in [3.8, 4) is 0 Å². The maximum Gasteiger partial charge on any atom is 0.336 e. The van der Waals surface area contributed by atoms with Crippen molar-refractivity contribution in [2.24, 2.45) is 0 Å². The number of fused-ring (bicyclic) bond motifs is 1. The second-order valence-corrected chi connectivity index (χ2v) is 8.41. The largest absolute Gasteiger partial charge is 0.463 e. The molecule has 2 N–H and O–H groups in total. The van der Waals surface area contributed by atoms with Crippen LogP contribution in [0.5, 0.6) is 0 Å². The highest BCUT2D eigenvalue weighted by molar-refractivity contribution is 7.98. The Hall–Kier alpha value is -3.99. The predicted octanol–water partition coefficient (Wildman–Crippen LogP) is 3.76. The Bertz CT molecular complexity index is 1320. The predicted molar refractivity (Wildman–Crippen MR) is 127 cm³/mol. The number of nitro groups is 1. The van der Waals surface area contributed by atoms with Crippen LogP contribution in [-0.4, -0.2) is 32.5 Å². The van der Waals surface area contributed by atoms with Crippen molar-refractivity contribution in [2.45, 2.75) is 30.7 Å². The third kappa shape index (κ3) is 4.69. The standard InChI is InChI=1S/C23H21N5O5S/c1-3-33-22(30)17-13(2)25-20-19(18(17)15-5-4-10-24-11-15)21(29)27-23(26-20)34-12-14-6-8-16(9-7-14)28(31)32/h4-11,18H,3,12H2,1-2H3,(H2,25,26,27,29)/t18-/m0/s1. The molecule has 34 heavy (non-hydrogen) atoms. The van der Waals surface area contributed by atoms with Crippen molar-refractivity contribution >= 4 is 29.2 Å². The Morgan fingerprint density at radius 1 is 1.26 bits per heavy atom. The number of nitrogens with one attached hydrogen (secondary N) is 2. The average molecular weight is 480 g/mol. The van der Waals surface area contributed by atoms with E-state index in [1.165, 1.54) is 23.9 Å². The number of hydrogen-bond acceptors (Lipinski definition) is 9. The number of rotatable bonds is 7. The number of non-ortho nitro benzene ring substituents is 1. The number of anilines is 1. The number of aromatic amines is 1. The number of hydrogen-bond donors (Lipinski definition) is 2. The monoisotopic (exact) mass is 479 g/mol. The van der Waals surface area contributed by atoms with Gasteiger partial charge in [-0.05, 0) is 31.0 Å². The smallest absolute Gasteiger partial charge is 0.336 e. The molecule has 0 amide bonds. The summed E-state index contributed by atoms with van der Waals surface area (Å²) in [5.41, 5.74) is 2.33. The minimum Gasteiger partial charge on any atom is -0.463 e. The number of benzene rings is 1. The summed E-state index contributed by atoms with van der Waals surface area (Å²) in [7, 11) is 0. The summed E-state index contributed by atoms with van der Waals surface area (Å²) in [5, 5.41) is 14.3. The van der Waals surface area contributed by atoms with Crippen LogP contribution in [0.2, 0.25) is 0 Å². The van der Waals surface area contributed by atoms with Gasteiger partial charge in [0.15, 0.2) is 5.16 Å². The lowest BCUT2D eigenvalue weighted by molar-refractivity contribution is -0.384. The molecule has 1 atom stereocenters. The van der Waals surface area contributed by atoms with Gasteiger partial charge in [-0.2, -0.15) is 0 Å². The molecule has 11 heteroatoms. The molecular formula is C23H21N5O5S. The molecule has 0 saturated carbocycles. The first-order valence-electron chi connectivity index (χ1n) is 10.4. The van der Waals surface area contributed by atoms with E-state index in [4.69, 9.17) is 4.74 Å². The van der Waals surface area contributed by atoms with E-state index < -0.39 is 16.8 Å². The topological polar surface area (TPSA) is 140 Å². The summed E-state index contributed by atoms with van der Waals surface area (Å²) < 4.78 is 5.26. The summed E-state index contributed by atoms with van der Waals surface area (Å²) in [5.74, 6) is -0.388. The minimum atomic E-state index is -0.686. The van der Waals surface area contributed by atoms with Gasteiger partial charge in [-0.1, -0.05) is 30.0 Å². The lowest BCUT2D eigenvalue weighted by Crippen LogP contribution is -2.31. The number of aromatic nitrogens is 3. The number of allylic oxidation sites excluding steroid dienone is 1. The number of nitrogens with zero attached hydrogens (tertiary/aromatic N) is 3. The molecule has 0 saturated heterocycles. The number of esters is 1. The van der Waals surface area contributed by atoms with Crippen LogP contribution in [0.1, 0.15) is 36.5 Å². The zero-order chi connectivity index (χ0) is 24.2. The third-order valence-corrected chi connectivity index (χ3v) is 6.20. The summed E-state index contributed by atoms with van der Waals surface area (Å²) in [6, 6.07) is 9.74. The first-order valence-corrected chi connectivity index (χ1v) is 11.4. The first kappa shape index (κ1) is 23.2. The molecule has 3 heterocycles. The fourth-order valence-electron chi connectivity index (χ4n) is 3.72. The van der Waals surface area contributed by atoms with Gasteiger partial charge in [0, 0.05) is 36.0 Å². The van der Waals surface area contributed by atoms with Crippen molar-refractivity contribution in [1.29, 1.82) is 0 Å². The molecule has 4 rings (SSSR count). The number of nitro benzene ring substituents is 1. The van der Waals surface area contributed by atoms with Crippen LogP contribution in [0.4, 0.5) is 11.5 Å². The van der Waals surface area contributed by atoms with E-state index in [1.54, 1.807) is 50.5 Å². The number of carbonyl (C=O) groups is 1. The van der Waals surface area contributed by atoms with Crippen LogP contribution in [0.15, 0.2) is 70.0 Å². The average Bonchev–Trinajstić information content (AvgIpc) is 2.82. The summed E-state index contributed by atoms with van der Waals surface area (Å²) in [4.78, 5) is 47.9. The normalized spacial score (nSPS) is 14.8. The fourth-order valence-corrected chi connectivity index (χ4v) is 4.54. The van der Waals surface area contributed by atoms with Gasteiger partial charge in [0.1, 0.15) is 5.82 Å². The molecule has 1 aliphatic rings. The third-order valence-electron chi connectivity index (χ3n) is 5.26. The first-order chi connectivity index (χ1) is 16.4. The number of thioether (sulfide) groups is 1. The molecule has 1 aliphatic heterocycles. The molecule has 0 spiro atoms. The number of ether oxygens (including phenoxy) is 1. The van der Waals surface area contributed by atoms with Crippen LogP contribution >= 0.6 is 11.8 Å². The Morgan fingerprint density at radius 2 is 2.03 bits per heavy atom. The van der Waals surface area contributed by atoms with E-state index in [2.05, 4.69) is 20.3 Å². The van der Waals surface area contributed by atoms with Crippen molar-refractivity contribution in [1.82, 2.24) is 15.0 Å². The summed E-state index contributed by atoms with van der Waals surface area (Å²) in [6.45, 7) is 3.67. The molecular weight excluding hydrogens is 458 g/mol. The van der Waals surface area contributed by atoms with E-state index >= 15 is 0 Å². The molecule has 10 nitrogen and oxygen atoms in total. The highest BCUT2D eigenvalue weighted by atomic mass is 32.2. The summed E-state index contributed by atoms with van der Waals surface area (Å²) in [6.07, 6.45) is 3.23. The number of H-pyrrole nitrogens is 1. The van der Waals surface area contributed by atoms with Gasteiger partial charge in [0.05, 0.1) is 28.6 Å². The van der Waals surface area contributed by atoms with E-state index in [0.29, 0.717) is 39.1 Å². The highest BCUT2D eigenvalue weighted by Crippen LogP contribution is 2.39. The van der Waals surface area contributed by atoms with Crippen LogP contribution in [0.3, 0.4) is 0 Å². The van der Waals surface area contributed by atoms with Crippen LogP contribution in [-0.2, 0) is 15.3 Å². The SMILES string of the molecule is CCOC(=O)C1=C(C)Nc2nc(SCc3ccc([N+](=O)[O-])cc3)[nH]c(=O)c2[C@H]1c1cccnc1. The number of pyridine rings is 1. The van der Waals surface area contributed by atoms with Crippen molar-refractivity contribution in [3.63, 3.8) is 0 Å². The second kappa shape index (κ2) is 9.87. The quantitative estimate of drug-likeness (QED) is 0.170. The van der Waals surface area contributed by atoms with Gasteiger partial charge in [-0.3, -0.25) is 19.9 Å². The Kier molecular flexibility index (Phi) is 6.73.